The van der Waals surface area contributed by atoms with Crippen LogP contribution in [0.15, 0.2) is 36.7 Å². The summed E-state index contributed by atoms with van der Waals surface area (Å²) in [5.74, 6) is 0.221. The lowest BCUT2D eigenvalue weighted by molar-refractivity contribution is -0.0272. The number of aryl methyl sites for hydroxylation is 2. The van der Waals surface area contributed by atoms with E-state index in [0.717, 1.165) is 19.4 Å². The predicted molar refractivity (Wildman–Crippen MR) is 88.1 cm³/mol. The molecular weight excluding hydrogens is 290 g/mol. The van der Waals surface area contributed by atoms with Crippen LogP contribution in [0, 0.1) is 12.8 Å². The molecule has 1 amide bonds. The Morgan fingerprint density at radius 3 is 2.87 bits per heavy atom. The Morgan fingerprint density at radius 2 is 2.17 bits per heavy atom. The smallest absolute Gasteiger partial charge is 0.254 e. The minimum atomic E-state index is -0.0775. The van der Waals surface area contributed by atoms with E-state index in [1.165, 1.54) is 11.1 Å². The fourth-order valence-electron chi connectivity index (χ4n) is 3.04. The highest BCUT2D eigenvalue weighted by atomic mass is 16.5. The zero-order chi connectivity index (χ0) is 16.2. The van der Waals surface area contributed by atoms with E-state index in [1.807, 2.05) is 0 Å². The number of carbonyl (C=O) groups is 1. The molecule has 1 aliphatic heterocycles. The number of hydrogen-bond acceptors (Lipinski definition) is 3. The number of ether oxygens (including phenoxy) is 1. The van der Waals surface area contributed by atoms with Gasteiger partial charge in [-0.25, -0.2) is 0 Å². The molecule has 1 aromatic carbocycles. The molecule has 1 N–H and O–H groups in total. The Labute approximate surface area is 136 Å². The van der Waals surface area contributed by atoms with Gasteiger partial charge in [-0.3, -0.25) is 9.48 Å². The van der Waals surface area contributed by atoms with Gasteiger partial charge in [0.25, 0.3) is 5.91 Å². The van der Waals surface area contributed by atoms with Gasteiger partial charge in [0.05, 0.1) is 17.9 Å². The summed E-state index contributed by atoms with van der Waals surface area (Å²) in [5, 5.41) is 7.06. The number of aromatic nitrogens is 2. The average molecular weight is 313 g/mol. The lowest BCUT2D eigenvalue weighted by atomic mass is 9.89. The van der Waals surface area contributed by atoms with Crippen molar-refractivity contribution in [3.05, 3.63) is 53.3 Å². The topological polar surface area (TPSA) is 56.1 Å². The summed E-state index contributed by atoms with van der Waals surface area (Å²) in [6.07, 6.45) is 5.47. The van der Waals surface area contributed by atoms with Crippen LogP contribution in [0.5, 0.6) is 0 Å². The average Bonchev–Trinajstić information content (AvgIpc) is 3.00. The van der Waals surface area contributed by atoms with E-state index in [9.17, 15) is 4.79 Å². The van der Waals surface area contributed by atoms with Gasteiger partial charge < -0.3 is 10.1 Å². The van der Waals surface area contributed by atoms with Crippen molar-refractivity contribution in [2.75, 3.05) is 13.2 Å². The highest BCUT2D eigenvalue weighted by Gasteiger charge is 2.27. The van der Waals surface area contributed by atoms with Crippen LogP contribution in [0.4, 0.5) is 0 Å². The Morgan fingerprint density at radius 1 is 1.39 bits per heavy atom. The second-order valence-electron chi connectivity index (χ2n) is 6.22. The molecule has 0 bridgehead atoms. The van der Waals surface area contributed by atoms with Crippen LogP contribution in [0.1, 0.15) is 40.4 Å². The SMILES string of the molecule is Cc1ccc([C@@H]2OCCC[C@H]2CNC(=O)c2cnn(C)c2)cc1. The normalized spacial score (nSPS) is 21.1. The van der Waals surface area contributed by atoms with Crippen molar-refractivity contribution in [2.45, 2.75) is 25.9 Å². The van der Waals surface area contributed by atoms with Crippen LogP contribution < -0.4 is 5.32 Å². The molecule has 1 aromatic heterocycles. The van der Waals surface area contributed by atoms with E-state index >= 15 is 0 Å². The van der Waals surface area contributed by atoms with E-state index in [1.54, 1.807) is 24.1 Å². The van der Waals surface area contributed by atoms with Crippen molar-refractivity contribution < 1.29 is 9.53 Å². The van der Waals surface area contributed by atoms with Gasteiger partial charge in [-0.05, 0) is 25.3 Å². The number of rotatable bonds is 4. The summed E-state index contributed by atoms with van der Waals surface area (Å²) in [5.41, 5.74) is 3.03. The van der Waals surface area contributed by atoms with Crippen molar-refractivity contribution >= 4 is 5.91 Å². The molecule has 122 valence electrons. The summed E-state index contributed by atoms with van der Waals surface area (Å²) in [7, 11) is 1.80. The molecule has 1 aliphatic rings. The third-order valence-electron chi connectivity index (χ3n) is 4.34. The number of hydrogen-bond donors (Lipinski definition) is 1. The molecule has 0 radical (unpaired) electrons. The van der Waals surface area contributed by atoms with Gasteiger partial charge in [-0.2, -0.15) is 5.10 Å². The second-order valence-corrected chi connectivity index (χ2v) is 6.22. The van der Waals surface area contributed by atoms with Crippen LogP contribution in [0.2, 0.25) is 0 Å². The summed E-state index contributed by atoms with van der Waals surface area (Å²) >= 11 is 0. The zero-order valence-corrected chi connectivity index (χ0v) is 13.7. The highest BCUT2D eigenvalue weighted by Crippen LogP contribution is 2.33. The third kappa shape index (κ3) is 3.79. The predicted octanol–water partition coefficient (Wildman–Crippen LogP) is 2.63. The monoisotopic (exact) mass is 313 g/mol. The Balaban J connectivity index is 1.64. The zero-order valence-electron chi connectivity index (χ0n) is 13.7. The van der Waals surface area contributed by atoms with Gasteiger partial charge in [0.15, 0.2) is 0 Å². The first-order valence-corrected chi connectivity index (χ1v) is 8.08. The van der Waals surface area contributed by atoms with Crippen LogP contribution in [-0.4, -0.2) is 28.8 Å². The number of benzene rings is 1. The number of carbonyl (C=O) groups excluding carboxylic acids is 1. The first-order chi connectivity index (χ1) is 11.1. The van der Waals surface area contributed by atoms with Gasteiger partial charge >= 0.3 is 0 Å². The minimum Gasteiger partial charge on any atom is -0.373 e. The van der Waals surface area contributed by atoms with E-state index in [4.69, 9.17) is 4.74 Å². The Hall–Kier alpha value is -2.14. The molecule has 2 heterocycles. The van der Waals surface area contributed by atoms with E-state index < -0.39 is 0 Å². The lowest BCUT2D eigenvalue weighted by Gasteiger charge is -2.32. The van der Waals surface area contributed by atoms with Gasteiger partial charge in [-0.1, -0.05) is 29.8 Å². The minimum absolute atomic E-state index is 0.0542. The largest absolute Gasteiger partial charge is 0.373 e. The van der Waals surface area contributed by atoms with Crippen molar-refractivity contribution in [3.63, 3.8) is 0 Å². The summed E-state index contributed by atoms with van der Waals surface area (Å²) in [6, 6.07) is 8.47. The van der Waals surface area contributed by atoms with E-state index in [2.05, 4.69) is 41.6 Å². The Kier molecular flexibility index (Phi) is 4.76. The van der Waals surface area contributed by atoms with Gasteiger partial charge in [0.2, 0.25) is 0 Å². The molecule has 1 saturated heterocycles. The molecule has 5 nitrogen and oxygen atoms in total. The van der Waals surface area contributed by atoms with Crippen LogP contribution in [0.25, 0.3) is 0 Å². The summed E-state index contributed by atoms with van der Waals surface area (Å²) in [4.78, 5) is 12.2. The number of nitrogens with one attached hydrogen (secondary N) is 1. The number of amides is 1. The molecule has 3 rings (SSSR count). The molecule has 0 unspecified atom stereocenters. The van der Waals surface area contributed by atoms with Crippen molar-refractivity contribution in [1.82, 2.24) is 15.1 Å². The maximum absolute atomic E-state index is 12.2. The second kappa shape index (κ2) is 6.96. The standard InChI is InChI=1S/C18H23N3O2/c1-13-5-7-14(8-6-13)17-15(4-3-9-23-17)10-19-18(22)16-11-20-21(2)12-16/h5-8,11-12,15,17H,3-4,9-10H2,1-2H3,(H,19,22)/t15-,17-/m0/s1. The van der Waals surface area contributed by atoms with Gasteiger partial charge in [0.1, 0.15) is 0 Å². The molecular formula is C18H23N3O2. The van der Waals surface area contributed by atoms with Crippen molar-refractivity contribution in [1.29, 1.82) is 0 Å². The van der Waals surface area contributed by atoms with Crippen molar-refractivity contribution in [3.8, 4) is 0 Å². The van der Waals surface area contributed by atoms with Gasteiger partial charge in [0, 0.05) is 32.3 Å². The molecule has 5 heteroatoms. The van der Waals surface area contributed by atoms with Crippen LogP contribution in [0.3, 0.4) is 0 Å². The molecule has 0 spiro atoms. The lowest BCUT2D eigenvalue weighted by Crippen LogP contribution is -2.35. The maximum Gasteiger partial charge on any atom is 0.254 e. The summed E-state index contributed by atoms with van der Waals surface area (Å²) < 4.78 is 7.62. The quantitative estimate of drug-likeness (QED) is 0.944. The molecule has 2 atom stereocenters. The Bertz CT molecular complexity index is 663. The van der Waals surface area contributed by atoms with E-state index in [-0.39, 0.29) is 12.0 Å². The van der Waals surface area contributed by atoms with E-state index in [0.29, 0.717) is 18.0 Å². The molecule has 2 aromatic rings. The van der Waals surface area contributed by atoms with Crippen LogP contribution in [-0.2, 0) is 11.8 Å². The van der Waals surface area contributed by atoms with Gasteiger partial charge in [-0.15, -0.1) is 0 Å². The first-order valence-electron chi connectivity index (χ1n) is 8.08. The maximum atomic E-state index is 12.2. The molecule has 23 heavy (non-hydrogen) atoms. The van der Waals surface area contributed by atoms with Crippen LogP contribution >= 0.6 is 0 Å². The third-order valence-corrected chi connectivity index (χ3v) is 4.34. The molecule has 0 saturated carbocycles. The summed E-state index contributed by atoms with van der Waals surface area (Å²) in [6.45, 7) is 3.48. The highest BCUT2D eigenvalue weighted by molar-refractivity contribution is 5.93. The fraction of sp³-hybridized carbons (Fsp3) is 0.444. The van der Waals surface area contributed by atoms with Crippen molar-refractivity contribution in [2.24, 2.45) is 13.0 Å². The fourth-order valence-corrected chi connectivity index (χ4v) is 3.04. The number of nitrogens with zero attached hydrogens (tertiary/aromatic N) is 2. The molecule has 0 aliphatic carbocycles. The molecule has 1 fully saturated rings. The first kappa shape index (κ1) is 15.7.